The SMILES string of the molecule is O=C(Nc1n[nH]c2ccccc12)c1cc(I)cc(I)c1O. The molecule has 0 unspecified atom stereocenters. The Morgan fingerprint density at radius 1 is 1.24 bits per heavy atom. The van der Waals surface area contributed by atoms with E-state index in [0.29, 0.717) is 9.39 Å². The molecule has 3 N–H and O–H groups in total. The van der Waals surface area contributed by atoms with Gasteiger partial charge in [0.05, 0.1) is 14.7 Å². The fourth-order valence-electron chi connectivity index (χ4n) is 1.97. The third kappa shape index (κ3) is 2.84. The number of nitrogens with zero attached hydrogens (tertiary/aromatic N) is 1. The predicted octanol–water partition coefficient (Wildman–Crippen LogP) is 3.73. The van der Waals surface area contributed by atoms with Crippen molar-refractivity contribution in [2.75, 3.05) is 5.32 Å². The fraction of sp³-hybridized carbons (Fsp3) is 0. The van der Waals surface area contributed by atoms with Gasteiger partial charge in [0.25, 0.3) is 5.91 Å². The topological polar surface area (TPSA) is 78.0 Å². The highest BCUT2D eigenvalue weighted by Crippen LogP contribution is 2.28. The fourth-order valence-corrected chi connectivity index (χ4v) is 3.82. The molecule has 5 nitrogen and oxygen atoms in total. The van der Waals surface area contributed by atoms with E-state index in [1.807, 2.05) is 46.9 Å². The number of phenols is 1. The summed E-state index contributed by atoms with van der Waals surface area (Å²) in [4.78, 5) is 12.3. The van der Waals surface area contributed by atoms with Crippen LogP contribution in [-0.2, 0) is 0 Å². The van der Waals surface area contributed by atoms with E-state index >= 15 is 0 Å². The van der Waals surface area contributed by atoms with Crippen LogP contribution < -0.4 is 5.32 Å². The number of hydrogen-bond donors (Lipinski definition) is 3. The largest absolute Gasteiger partial charge is 0.506 e. The van der Waals surface area contributed by atoms with E-state index in [4.69, 9.17) is 0 Å². The summed E-state index contributed by atoms with van der Waals surface area (Å²) in [5.41, 5.74) is 1.08. The van der Waals surface area contributed by atoms with Gasteiger partial charge in [-0.15, -0.1) is 0 Å². The van der Waals surface area contributed by atoms with Crippen LogP contribution in [0.3, 0.4) is 0 Å². The van der Waals surface area contributed by atoms with E-state index in [1.165, 1.54) is 0 Å². The smallest absolute Gasteiger partial charge is 0.260 e. The molecule has 0 aliphatic heterocycles. The van der Waals surface area contributed by atoms with Gasteiger partial charge < -0.3 is 10.4 Å². The van der Waals surface area contributed by atoms with Crippen LogP contribution in [0.25, 0.3) is 10.9 Å². The van der Waals surface area contributed by atoms with Crippen molar-refractivity contribution in [3.05, 3.63) is 49.1 Å². The monoisotopic (exact) mass is 505 g/mol. The van der Waals surface area contributed by atoms with Crippen LogP contribution in [0.5, 0.6) is 5.75 Å². The van der Waals surface area contributed by atoms with Gasteiger partial charge in [-0.3, -0.25) is 9.89 Å². The van der Waals surface area contributed by atoms with Gasteiger partial charge in [0.1, 0.15) is 5.75 Å². The Bertz CT molecular complexity index is 845. The number of nitrogens with one attached hydrogen (secondary N) is 2. The van der Waals surface area contributed by atoms with Crippen LogP contribution in [0.4, 0.5) is 5.82 Å². The van der Waals surface area contributed by atoms with Crippen LogP contribution in [-0.4, -0.2) is 21.2 Å². The number of benzene rings is 2. The Morgan fingerprint density at radius 3 is 2.81 bits per heavy atom. The third-order valence-corrected chi connectivity index (χ3v) is 4.42. The Kier molecular flexibility index (Phi) is 4.02. The number of fused-ring (bicyclic) bond motifs is 1. The van der Waals surface area contributed by atoms with Gasteiger partial charge >= 0.3 is 0 Å². The maximum absolute atomic E-state index is 12.3. The minimum absolute atomic E-state index is 0.0200. The first-order valence-electron chi connectivity index (χ1n) is 5.98. The van der Waals surface area contributed by atoms with Gasteiger partial charge in [-0.2, -0.15) is 5.10 Å². The van der Waals surface area contributed by atoms with Crippen molar-refractivity contribution in [2.45, 2.75) is 0 Å². The quantitative estimate of drug-likeness (QED) is 0.465. The number of aromatic nitrogens is 2. The summed E-state index contributed by atoms with van der Waals surface area (Å²) >= 11 is 4.10. The zero-order chi connectivity index (χ0) is 15.0. The number of aromatic amines is 1. The molecule has 0 bridgehead atoms. The zero-order valence-corrected chi connectivity index (χ0v) is 14.8. The molecule has 1 heterocycles. The van der Waals surface area contributed by atoms with E-state index in [-0.39, 0.29) is 17.2 Å². The van der Waals surface area contributed by atoms with Gasteiger partial charge in [-0.25, -0.2) is 0 Å². The Morgan fingerprint density at radius 2 is 2.00 bits per heavy atom. The minimum atomic E-state index is -0.388. The Hall–Kier alpha value is -1.36. The van der Waals surface area contributed by atoms with Gasteiger partial charge in [0.15, 0.2) is 5.82 Å². The molecule has 0 atom stereocenters. The summed E-state index contributed by atoms with van der Waals surface area (Å²) in [7, 11) is 0. The highest BCUT2D eigenvalue weighted by atomic mass is 127. The molecule has 0 aliphatic rings. The molecule has 7 heteroatoms. The van der Waals surface area contributed by atoms with E-state index in [1.54, 1.807) is 12.1 Å². The number of anilines is 1. The number of carbonyl (C=O) groups is 1. The molecule has 106 valence electrons. The number of phenolic OH excluding ortho intramolecular Hbond substituents is 1. The van der Waals surface area contributed by atoms with Crippen molar-refractivity contribution in [3.63, 3.8) is 0 Å². The van der Waals surface area contributed by atoms with Crippen LogP contribution >= 0.6 is 45.2 Å². The predicted molar refractivity (Wildman–Crippen MR) is 97.6 cm³/mol. The summed E-state index contributed by atoms with van der Waals surface area (Å²) in [6.07, 6.45) is 0. The molecule has 0 radical (unpaired) electrons. The van der Waals surface area contributed by atoms with E-state index < -0.39 is 0 Å². The van der Waals surface area contributed by atoms with E-state index in [9.17, 15) is 9.90 Å². The highest BCUT2D eigenvalue weighted by molar-refractivity contribution is 14.1. The third-order valence-electron chi connectivity index (χ3n) is 2.98. The second-order valence-electron chi connectivity index (χ2n) is 4.36. The van der Waals surface area contributed by atoms with Crippen LogP contribution in [0.2, 0.25) is 0 Å². The van der Waals surface area contributed by atoms with Crippen LogP contribution in [0.15, 0.2) is 36.4 Å². The average Bonchev–Trinajstić information content (AvgIpc) is 2.86. The van der Waals surface area contributed by atoms with Crippen molar-refractivity contribution in [1.82, 2.24) is 10.2 Å². The molecule has 3 rings (SSSR count). The lowest BCUT2D eigenvalue weighted by molar-refractivity contribution is 0.102. The molecule has 1 amide bonds. The lowest BCUT2D eigenvalue weighted by Crippen LogP contribution is -2.13. The van der Waals surface area contributed by atoms with Crippen molar-refractivity contribution in [3.8, 4) is 5.75 Å². The number of carbonyl (C=O) groups excluding carboxylic acids is 1. The zero-order valence-electron chi connectivity index (χ0n) is 10.5. The van der Waals surface area contributed by atoms with Crippen LogP contribution in [0, 0.1) is 7.14 Å². The summed E-state index contributed by atoms with van der Waals surface area (Å²) in [6.45, 7) is 0. The van der Waals surface area contributed by atoms with Gasteiger partial charge in [-0.1, -0.05) is 12.1 Å². The van der Waals surface area contributed by atoms with E-state index in [2.05, 4.69) is 38.1 Å². The molecular formula is C14H9I2N3O2. The molecule has 21 heavy (non-hydrogen) atoms. The van der Waals surface area contributed by atoms with Gasteiger partial charge in [-0.05, 0) is 69.4 Å². The molecule has 0 fully saturated rings. The summed E-state index contributed by atoms with van der Waals surface area (Å²) in [5, 5.41) is 20.5. The standard InChI is InChI=1S/C14H9I2N3O2/c15-7-5-9(12(20)10(16)6-7)14(21)17-13-8-3-1-2-4-11(8)18-19-13/h1-6,20H,(H2,17,18,19,21). The number of para-hydroxylation sites is 1. The second-order valence-corrected chi connectivity index (χ2v) is 6.76. The first-order valence-corrected chi connectivity index (χ1v) is 8.14. The first-order chi connectivity index (χ1) is 10.1. The number of halogens is 2. The van der Waals surface area contributed by atoms with Crippen molar-refractivity contribution < 1.29 is 9.90 Å². The van der Waals surface area contributed by atoms with Crippen molar-refractivity contribution in [2.24, 2.45) is 0 Å². The normalized spacial score (nSPS) is 10.8. The highest BCUT2D eigenvalue weighted by Gasteiger charge is 2.17. The Labute approximate surface area is 147 Å². The Balaban J connectivity index is 1.97. The number of amides is 1. The molecule has 0 aliphatic carbocycles. The van der Waals surface area contributed by atoms with Gasteiger partial charge in [0, 0.05) is 8.96 Å². The average molecular weight is 505 g/mol. The molecular weight excluding hydrogens is 496 g/mol. The molecule has 0 saturated carbocycles. The molecule has 2 aromatic carbocycles. The maximum atomic E-state index is 12.3. The molecule has 1 aromatic heterocycles. The van der Waals surface area contributed by atoms with Crippen molar-refractivity contribution in [1.29, 1.82) is 0 Å². The molecule has 0 spiro atoms. The molecule has 3 aromatic rings. The number of H-pyrrole nitrogens is 1. The first kappa shape index (κ1) is 14.6. The summed E-state index contributed by atoms with van der Waals surface area (Å²) < 4.78 is 1.52. The van der Waals surface area contributed by atoms with Gasteiger partial charge in [0.2, 0.25) is 0 Å². The molecule has 0 saturated heterocycles. The summed E-state index contributed by atoms with van der Waals surface area (Å²) in [6, 6.07) is 11.0. The minimum Gasteiger partial charge on any atom is -0.506 e. The number of hydrogen-bond acceptors (Lipinski definition) is 3. The maximum Gasteiger partial charge on any atom is 0.260 e. The van der Waals surface area contributed by atoms with E-state index in [0.717, 1.165) is 14.5 Å². The van der Waals surface area contributed by atoms with Crippen molar-refractivity contribution >= 4 is 67.8 Å². The summed E-state index contributed by atoms with van der Waals surface area (Å²) in [5.74, 6) is 0.0402. The number of aromatic hydroxyl groups is 1. The second kappa shape index (κ2) is 5.79. The lowest BCUT2D eigenvalue weighted by Gasteiger charge is -2.07. The lowest BCUT2D eigenvalue weighted by atomic mass is 10.2. The van der Waals surface area contributed by atoms with Crippen LogP contribution in [0.1, 0.15) is 10.4 Å². The number of rotatable bonds is 2.